The highest BCUT2D eigenvalue weighted by atomic mass is 35.5. The summed E-state index contributed by atoms with van der Waals surface area (Å²) in [5.74, 6) is -0.543. The Labute approximate surface area is 262 Å². The second-order valence-corrected chi connectivity index (χ2v) is 14.9. The maximum atomic E-state index is 13.4. The van der Waals surface area contributed by atoms with E-state index in [4.69, 9.17) is 28.9 Å². The Morgan fingerprint density at radius 1 is 0.930 bits per heavy atom. The largest absolute Gasteiger partial charge is 0.369 e. The topological polar surface area (TPSA) is 145 Å². The molecule has 43 heavy (non-hydrogen) atoms. The van der Waals surface area contributed by atoms with Crippen LogP contribution in [0.2, 0.25) is 10.0 Å². The number of hydrogen-bond acceptors (Lipinski definition) is 8. The van der Waals surface area contributed by atoms with Crippen molar-refractivity contribution in [3.05, 3.63) is 81.8 Å². The van der Waals surface area contributed by atoms with Crippen LogP contribution in [0.4, 0.5) is 17.1 Å². The van der Waals surface area contributed by atoms with E-state index in [9.17, 15) is 21.6 Å². The lowest BCUT2D eigenvalue weighted by Gasteiger charge is -2.35. The number of nitrogens with one attached hydrogen (secondary N) is 2. The zero-order valence-electron chi connectivity index (χ0n) is 23.8. The van der Waals surface area contributed by atoms with Crippen LogP contribution in [0.5, 0.6) is 0 Å². The quantitative estimate of drug-likeness (QED) is 0.264. The highest BCUT2D eigenvalue weighted by molar-refractivity contribution is 7.92. The molecule has 1 aliphatic heterocycles. The first-order valence-electron chi connectivity index (χ1n) is 13.4. The number of sulfonamides is 2. The van der Waals surface area contributed by atoms with E-state index in [0.717, 1.165) is 21.8 Å². The molecule has 3 aromatic carbocycles. The number of nitrogens with zero attached hydrogens (tertiary/aromatic N) is 3. The van der Waals surface area contributed by atoms with Crippen molar-refractivity contribution in [1.82, 2.24) is 9.62 Å². The number of hydrogen-bond donors (Lipinski definition) is 3. The molecule has 1 aliphatic rings. The number of anilines is 3. The lowest BCUT2D eigenvalue weighted by molar-refractivity contribution is 0.102. The molecule has 1 amide bonds. The fraction of sp³-hybridized carbons (Fsp3) is 0.321. The fourth-order valence-corrected chi connectivity index (χ4v) is 7.08. The minimum Gasteiger partial charge on any atom is -0.369 e. The van der Waals surface area contributed by atoms with Crippen LogP contribution in [0.1, 0.15) is 15.9 Å². The molecule has 1 fully saturated rings. The lowest BCUT2D eigenvalue weighted by atomic mass is 10.1. The lowest BCUT2D eigenvalue weighted by Crippen LogP contribution is -2.48. The number of nitrogens with two attached hydrogens (primary N) is 1. The minimum absolute atomic E-state index is 0.0928. The van der Waals surface area contributed by atoms with E-state index >= 15 is 0 Å². The minimum atomic E-state index is -3.78. The molecule has 0 radical (unpaired) electrons. The van der Waals surface area contributed by atoms with E-state index in [2.05, 4.69) is 10.6 Å². The molecule has 11 nitrogen and oxygen atoms in total. The van der Waals surface area contributed by atoms with Crippen LogP contribution in [0.3, 0.4) is 0 Å². The average Bonchev–Trinajstić information content (AvgIpc) is 2.96. The van der Waals surface area contributed by atoms with Crippen molar-refractivity contribution in [3.8, 4) is 0 Å². The summed E-state index contributed by atoms with van der Waals surface area (Å²) < 4.78 is 53.6. The molecule has 4 N–H and O–H groups in total. The number of benzene rings is 3. The van der Waals surface area contributed by atoms with Crippen molar-refractivity contribution >= 4 is 66.2 Å². The van der Waals surface area contributed by atoms with Crippen LogP contribution in [0.15, 0.2) is 65.6 Å². The van der Waals surface area contributed by atoms with Crippen molar-refractivity contribution in [2.75, 3.05) is 67.1 Å². The number of rotatable bonds is 11. The number of halogens is 2. The van der Waals surface area contributed by atoms with Crippen LogP contribution < -0.4 is 25.6 Å². The van der Waals surface area contributed by atoms with Crippen LogP contribution >= 0.6 is 23.2 Å². The zero-order valence-corrected chi connectivity index (χ0v) is 26.9. The Morgan fingerprint density at radius 2 is 1.56 bits per heavy atom. The van der Waals surface area contributed by atoms with Crippen molar-refractivity contribution in [2.45, 2.75) is 11.4 Å². The molecule has 232 valence electrons. The predicted octanol–water partition coefficient (Wildman–Crippen LogP) is 3.20. The van der Waals surface area contributed by atoms with Crippen LogP contribution in [0.25, 0.3) is 0 Å². The molecule has 3 aromatic rings. The van der Waals surface area contributed by atoms with E-state index in [1.165, 1.54) is 35.6 Å². The van der Waals surface area contributed by atoms with Gasteiger partial charge in [-0.15, -0.1) is 0 Å². The first kappa shape index (κ1) is 33.0. The molecule has 4 rings (SSSR count). The highest BCUT2D eigenvalue weighted by Crippen LogP contribution is 2.28. The van der Waals surface area contributed by atoms with E-state index in [-0.39, 0.29) is 29.2 Å². The summed E-state index contributed by atoms with van der Waals surface area (Å²) in [7, 11) is -6.05. The average molecular weight is 670 g/mol. The Bertz CT molecular complexity index is 1660. The summed E-state index contributed by atoms with van der Waals surface area (Å²) in [6.45, 7) is 2.95. The van der Waals surface area contributed by atoms with E-state index < -0.39 is 26.0 Å². The third kappa shape index (κ3) is 8.18. The molecule has 0 saturated carbocycles. The van der Waals surface area contributed by atoms with Gasteiger partial charge in [0.15, 0.2) is 0 Å². The van der Waals surface area contributed by atoms with Gasteiger partial charge >= 0.3 is 0 Å². The van der Waals surface area contributed by atoms with E-state index in [1.54, 1.807) is 36.4 Å². The molecule has 0 aliphatic carbocycles. The molecule has 15 heteroatoms. The van der Waals surface area contributed by atoms with Gasteiger partial charge in [0, 0.05) is 74.3 Å². The molecule has 1 saturated heterocycles. The van der Waals surface area contributed by atoms with Crippen molar-refractivity contribution < 1.29 is 21.6 Å². The van der Waals surface area contributed by atoms with E-state index in [0.29, 0.717) is 48.5 Å². The Kier molecular flexibility index (Phi) is 10.6. The Hall–Kier alpha value is -2.91. The van der Waals surface area contributed by atoms with Crippen molar-refractivity contribution in [1.29, 1.82) is 0 Å². The van der Waals surface area contributed by atoms with Gasteiger partial charge in [0.1, 0.15) is 0 Å². The summed E-state index contributed by atoms with van der Waals surface area (Å²) in [5.41, 5.74) is 7.84. The Morgan fingerprint density at radius 3 is 2.14 bits per heavy atom. The van der Waals surface area contributed by atoms with Gasteiger partial charge in [-0.1, -0.05) is 29.3 Å². The van der Waals surface area contributed by atoms with E-state index in [1.807, 2.05) is 4.90 Å². The monoisotopic (exact) mass is 668 g/mol. The molecule has 0 spiro atoms. The maximum Gasteiger partial charge on any atom is 0.257 e. The summed E-state index contributed by atoms with van der Waals surface area (Å²) in [6.07, 6.45) is 1.05. The van der Waals surface area contributed by atoms with Gasteiger partial charge in [-0.05, 0) is 60.2 Å². The summed E-state index contributed by atoms with van der Waals surface area (Å²) in [5, 5.41) is 6.92. The molecular formula is C28H34Cl2N6O5S2. The second kappa shape index (κ2) is 13.8. The molecule has 1 heterocycles. The highest BCUT2D eigenvalue weighted by Gasteiger charge is 2.29. The first-order valence-corrected chi connectivity index (χ1v) is 17.4. The zero-order chi connectivity index (χ0) is 31.4. The van der Waals surface area contributed by atoms with Crippen LogP contribution in [-0.4, -0.2) is 79.6 Å². The Balaban J connectivity index is 1.47. The van der Waals surface area contributed by atoms with Crippen LogP contribution in [-0.2, 0) is 26.6 Å². The fourth-order valence-electron chi connectivity index (χ4n) is 4.63. The maximum absolute atomic E-state index is 13.4. The normalized spacial score (nSPS) is 14.5. The molecule has 0 atom stereocenters. The first-order chi connectivity index (χ1) is 20.3. The standard InChI is InChI=1S/C28H34Cl2N6O5S2/c1-34(42(2,38)39)27-8-3-20(19-32-10-9-31)15-26(27)28(37)33-23-4-6-25(7-5-23)43(40,41)36-13-11-35(12-14-36)24-17-21(29)16-22(30)18-24/h3-8,15-18,32H,9-14,19,31H2,1-2H3,(H,33,37). The molecular weight excluding hydrogens is 635 g/mol. The summed E-state index contributed by atoms with van der Waals surface area (Å²) in [4.78, 5) is 15.5. The predicted molar refractivity (Wildman–Crippen MR) is 172 cm³/mol. The number of piperazine rings is 1. The van der Waals surface area contributed by atoms with Gasteiger partial charge in [-0.3, -0.25) is 9.10 Å². The third-order valence-corrected chi connectivity index (χ3v) is 10.5. The number of carbonyl (C=O) groups excluding carboxylic acids is 1. The van der Waals surface area contributed by atoms with Gasteiger partial charge in [0.2, 0.25) is 20.0 Å². The van der Waals surface area contributed by atoms with Gasteiger partial charge in [-0.2, -0.15) is 4.31 Å². The van der Waals surface area contributed by atoms with Crippen LogP contribution in [0, 0.1) is 0 Å². The third-order valence-electron chi connectivity index (χ3n) is 6.99. The number of carbonyl (C=O) groups is 1. The summed E-state index contributed by atoms with van der Waals surface area (Å²) >= 11 is 12.2. The summed E-state index contributed by atoms with van der Waals surface area (Å²) in [6, 6.07) is 16.0. The van der Waals surface area contributed by atoms with Gasteiger partial charge in [0.25, 0.3) is 5.91 Å². The van der Waals surface area contributed by atoms with Gasteiger partial charge in [0.05, 0.1) is 22.4 Å². The molecule has 0 unspecified atom stereocenters. The molecule has 0 bridgehead atoms. The van der Waals surface area contributed by atoms with Gasteiger partial charge < -0.3 is 21.3 Å². The SMILES string of the molecule is CN(c1ccc(CNCCN)cc1C(=O)Nc1ccc(S(=O)(=O)N2CCN(c3cc(Cl)cc(Cl)c3)CC2)cc1)S(C)(=O)=O. The number of amides is 1. The molecule has 0 aromatic heterocycles. The van der Waals surface area contributed by atoms with Gasteiger partial charge in [-0.25, -0.2) is 16.8 Å². The van der Waals surface area contributed by atoms with Crippen molar-refractivity contribution in [2.24, 2.45) is 5.73 Å². The second-order valence-electron chi connectivity index (χ2n) is 10.0. The van der Waals surface area contributed by atoms with Crippen molar-refractivity contribution in [3.63, 3.8) is 0 Å². The smallest absolute Gasteiger partial charge is 0.257 e.